The Labute approximate surface area is 186 Å². The highest BCUT2D eigenvalue weighted by atomic mass is 32.2. The third kappa shape index (κ3) is 3.68. The number of hydrogen-bond acceptors (Lipinski definition) is 3. The van der Waals surface area contributed by atoms with Crippen LogP contribution in [0.2, 0.25) is 0 Å². The lowest BCUT2D eigenvalue weighted by Gasteiger charge is -2.46. The van der Waals surface area contributed by atoms with E-state index in [-0.39, 0.29) is 22.4 Å². The number of nitrogens with zero attached hydrogens (tertiary/aromatic N) is 1. The maximum absolute atomic E-state index is 13.1. The van der Waals surface area contributed by atoms with Gasteiger partial charge < -0.3 is 0 Å². The second-order valence-corrected chi connectivity index (χ2v) is 10.4. The second-order valence-electron chi connectivity index (χ2n) is 8.67. The van der Waals surface area contributed by atoms with Gasteiger partial charge in [0, 0.05) is 46.5 Å². The van der Waals surface area contributed by atoms with Gasteiger partial charge in [0.05, 0.1) is 11.8 Å². The highest BCUT2D eigenvalue weighted by Gasteiger charge is 2.54. The maximum atomic E-state index is 13.1. The number of ketones is 1. The van der Waals surface area contributed by atoms with Gasteiger partial charge in [-0.05, 0) is 17.5 Å². The smallest absolute Gasteiger partial charge is 0.176 e. The lowest BCUT2D eigenvalue weighted by atomic mass is 9.63. The van der Waals surface area contributed by atoms with Crippen molar-refractivity contribution in [3.05, 3.63) is 108 Å². The molecule has 3 unspecified atom stereocenters. The van der Waals surface area contributed by atoms with Crippen molar-refractivity contribution >= 4 is 16.6 Å². The van der Waals surface area contributed by atoms with Crippen LogP contribution in [0.15, 0.2) is 91.0 Å². The summed E-state index contributed by atoms with van der Waals surface area (Å²) in [6.45, 7) is 1.89. The molecule has 0 bridgehead atoms. The van der Waals surface area contributed by atoms with Crippen molar-refractivity contribution in [2.24, 2.45) is 5.92 Å². The highest BCUT2D eigenvalue weighted by molar-refractivity contribution is 7.85. The summed E-state index contributed by atoms with van der Waals surface area (Å²) < 4.78 is 13.1. The van der Waals surface area contributed by atoms with Crippen molar-refractivity contribution in [3.63, 3.8) is 0 Å². The monoisotopic (exact) mass is 429 g/mol. The van der Waals surface area contributed by atoms with Crippen molar-refractivity contribution < 1.29 is 9.00 Å². The standard InChI is InChI=1S/C27H27NO2S/c29-25(21-10-4-1-5-11-21)19-28-18-24-26(20-28)31(30)17-16-27(24,22-12-6-2-7-13-22)23-14-8-3-9-15-23/h1-15,24,26H,16-20H2. The minimum absolute atomic E-state index is 0.0812. The van der Waals surface area contributed by atoms with Gasteiger partial charge in [-0.2, -0.15) is 0 Å². The summed E-state index contributed by atoms with van der Waals surface area (Å²) in [5.41, 5.74) is 3.16. The van der Waals surface area contributed by atoms with Gasteiger partial charge in [-0.3, -0.25) is 13.9 Å². The van der Waals surface area contributed by atoms with Crippen LogP contribution < -0.4 is 0 Å². The van der Waals surface area contributed by atoms with E-state index in [1.165, 1.54) is 11.1 Å². The van der Waals surface area contributed by atoms with Gasteiger partial charge >= 0.3 is 0 Å². The van der Waals surface area contributed by atoms with E-state index in [1.807, 2.05) is 30.3 Å². The summed E-state index contributed by atoms with van der Waals surface area (Å²) in [6, 6.07) is 30.9. The second kappa shape index (κ2) is 8.52. The Morgan fingerprint density at radius 3 is 1.97 bits per heavy atom. The van der Waals surface area contributed by atoms with Crippen LogP contribution in [-0.4, -0.2) is 45.5 Å². The molecule has 3 aromatic rings. The summed E-state index contributed by atoms with van der Waals surface area (Å²) in [5, 5.41) is 0.0812. The van der Waals surface area contributed by atoms with Crippen LogP contribution in [0.3, 0.4) is 0 Å². The van der Waals surface area contributed by atoms with E-state index in [9.17, 15) is 9.00 Å². The lowest BCUT2D eigenvalue weighted by Crippen LogP contribution is -2.49. The van der Waals surface area contributed by atoms with Gasteiger partial charge in [0.25, 0.3) is 0 Å². The lowest BCUT2D eigenvalue weighted by molar-refractivity contribution is 0.0941. The number of likely N-dealkylation sites (tertiary alicyclic amines) is 1. The molecule has 5 rings (SSSR count). The van der Waals surface area contributed by atoms with Gasteiger partial charge in [-0.15, -0.1) is 0 Å². The van der Waals surface area contributed by atoms with Crippen LogP contribution in [0.25, 0.3) is 0 Å². The normalized spacial score (nSPS) is 25.1. The number of carbonyl (C=O) groups is 1. The van der Waals surface area contributed by atoms with Gasteiger partial charge in [-0.1, -0.05) is 91.0 Å². The number of rotatable bonds is 5. The molecular formula is C27H27NO2S. The summed E-state index contributed by atoms with van der Waals surface area (Å²) in [6.07, 6.45) is 0.870. The summed E-state index contributed by atoms with van der Waals surface area (Å²) in [4.78, 5) is 15.1. The molecule has 31 heavy (non-hydrogen) atoms. The Balaban J connectivity index is 1.51. The zero-order chi connectivity index (χ0) is 21.3. The fraction of sp³-hybridized carbons (Fsp3) is 0.296. The van der Waals surface area contributed by atoms with E-state index in [1.54, 1.807) is 0 Å². The number of hydrogen-bond donors (Lipinski definition) is 0. The van der Waals surface area contributed by atoms with Crippen molar-refractivity contribution in [2.75, 3.05) is 25.4 Å². The molecule has 2 aliphatic rings. The Bertz CT molecular complexity index is 1030. The first-order chi connectivity index (χ1) is 15.2. The van der Waals surface area contributed by atoms with E-state index in [0.29, 0.717) is 12.3 Å². The van der Waals surface area contributed by atoms with Crippen LogP contribution in [0.5, 0.6) is 0 Å². The van der Waals surface area contributed by atoms with Crippen molar-refractivity contribution in [1.82, 2.24) is 4.90 Å². The molecule has 0 radical (unpaired) electrons. The highest BCUT2D eigenvalue weighted by Crippen LogP contribution is 2.50. The first-order valence-corrected chi connectivity index (χ1v) is 12.4. The molecule has 4 heteroatoms. The molecule has 0 amide bonds. The fourth-order valence-corrected chi connectivity index (χ4v) is 7.48. The van der Waals surface area contributed by atoms with Crippen LogP contribution in [0.1, 0.15) is 27.9 Å². The van der Waals surface area contributed by atoms with Gasteiger partial charge in [0.1, 0.15) is 0 Å². The first kappa shape index (κ1) is 20.3. The van der Waals surface area contributed by atoms with Crippen LogP contribution in [0.4, 0.5) is 0 Å². The summed E-state index contributed by atoms with van der Waals surface area (Å²) >= 11 is 0. The average Bonchev–Trinajstić information content (AvgIpc) is 3.26. The maximum Gasteiger partial charge on any atom is 0.176 e. The van der Waals surface area contributed by atoms with Gasteiger partial charge in [0.2, 0.25) is 0 Å². The number of fused-ring (bicyclic) bond motifs is 1. The summed E-state index contributed by atoms with van der Waals surface area (Å²) in [7, 11) is -0.873. The molecule has 3 atom stereocenters. The van der Waals surface area contributed by atoms with Gasteiger partial charge in [-0.25, -0.2) is 0 Å². The van der Waals surface area contributed by atoms with Crippen LogP contribution in [-0.2, 0) is 16.2 Å². The minimum Gasteiger partial charge on any atom is -0.294 e. The zero-order valence-electron chi connectivity index (χ0n) is 17.5. The topological polar surface area (TPSA) is 37.4 Å². The molecule has 0 spiro atoms. The zero-order valence-corrected chi connectivity index (χ0v) is 18.3. The summed E-state index contributed by atoms with van der Waals surface area (Å²) in [5.74, 6) is 1.05. The molecule has 2 aliphatic heterocycles. The van der Waals surface area contributed by atoms with Crippen LogP contribution >= 0.6 is 0 Å². The van der Waals surface area contributed by atoms with E-state index in [4.69, 9.17) is 0 Å². The number of Topliss-reactive ketones (excluding diaryl/α,β-unsaturated/α-hetero) is 1. The molecule has 158 valence electrons. The Morgan fingerprint density at radius 1 is 0.839 bits per heavy atom. The molecule has 0 N–H and O–H groups in total. The van der Waals surface area contributed by atoms with Crippen LogP contribution in [0, 0.1) is 5.92 Å². The molecule has 0 aromatic heterocycles. The SMILES string of the molecule is O=C(CN1CC2C(C1)C(c1ccccc1)(c1ccccc1)CCS2=O)c1ccccc1. The number of benzene rings is 3. The minimum atomic E-state index is -0.873. The van der Waals surface area contributed by atoms with Gasteiger partial charge in [0.15, 0.2) is 5.78 Å². The van der Waals surface area contributed by atoms with Crippen molar-refractivity contribution in [3.8, 4) is 0 Å². The molecule has 2 saturated heterocycles. The predicted octanol–water partition coefficient (Wildman–Crippen LogP) is 4.31. The van der Waals surface area contributed by atoms with E-state index >= 15 is 0 Å². The molecule has 0 aliphatic carbocycles. The van der Waals surface area contributed by atoms with Crippen molar-refractivity contribution in [1.29, 1.82) is 0 Å². The third-order valence-corrected chi connectivity index (χ3v) is 8.81. The molecule has 2 heterocycles. The predicted molar refractivity (Wildman–Crippen MR) is 126 cm³/mol. The number of carbonyl (C=O) groups excluding carboxylic acids is 1. The molecule has 3 nitrogen and oxygen atoms in total. The van der Waals surface area contributed by atoms with E-state index in [2.05, 4.69) is 65.6 Å². The van der Waals surface area contributed by atoms with Crippen molar-refractivity contribution in [2.45, 2.75) is 17.1 Å². The first-order valence-electron chi connectivity index (χ1n) is 11.0. The Kier molecular flexibility index (Phi) is 5.59. The Morgan fingerprint density at radius 2 is 1.39 bits per heavy atom. The average molecular weight is 430 g/mol. The fourth-order valence-electron chi connectivity index (χ4n) is 5.59. The molecule has 0 saturated carbocycles. The molecule has 3 aromatic carbocycles. The quantitative estimate of drug-likeness (QED) is 0.567. The Hall–Kier alpha value is -2.56. The van der Waals surface area contributed by atoms with E-state index < -0.39 is 10.8 Å². The third-order valence-electron chi connectivity index (χ3n) is 7.05. The molecule has 2 fully saturated rings. The molecular weight excluding hydrogens is 402 g/mol. The largest absolute Gasteiger partial charge is 0.294 e. The van der Waals surface area contributed by atoms with E-state index in [0.717, 1.165) is 25.1 Å².